The molecule has 0 N–H and O–H groups in total. The molecule has 0 rings (SSSR count). The SMILES string of the molecule is CCOC(=O)C(C)(CSC(C)(C)C)C(=O)OC. The van der Waals surface area contributed by atoms with Crippen LogP contribution in [0.3, 0.4) is 0 Å². The van der Waals surface area contributed by atoms with E-state index in [0.717, 1.165) is 0 Å². The Kier molecular flexibility index (Phi) is 6.02. The second-order valence-corrected chi connectivity index (χ2v) is 6.75. The molecule has 0 aromatic rings. The molecule has 5 heteroatoms. The van der Waals surface area contributed by atoms with Gasteiger partial charge in [0.2, 0.25) is 0 Å². The standard InChI is InChI=1S/C12H22O4S/c1-7-16-10(14)12(5,9(13)15-6)8-17-11(2,3)4/h7-8H2,1-6H3. The third-order valence-electron chi connectivity index (χ3n) is 2.16. The molecule has 0 aromatic carbocycles. The van der Waals surface area contributed by atoms with E-state index in [9.17, 15) is 9.59 Å². The Hall–Kier alpha value is -0.710. The van der Waals surface area contributed by atoms with Crippen LogP contribution in [0.25, 0.3) is 0 Å². The molecule has 0 fully saturated rings. The quantitative estimate of drug-likeness (QED) is 0.562. The summed E-state index contributed by atoms with van der Waals surface area (Å²) in [7, 11) is 1.28. The molecule has 0 radical (unpaired) electrons. The predicted octanol–water partition coefficient (Wildman–Crippen LogP) is 2.26. The van der Waals surface area contributed by atoms with Crippen LogP contribution in [-0.2, 0) is 19.1 Å². The van der Waals surface area contributed by atoms with Crippen molar-refractivity contribution in [3.8, 4) is 0 Å². The lowest BCUT2D eigenvalue weighted by molar-refractivity contribution is -0.167. The van der Waals surface area contributed by atoms with Gasteiger partial charge in [-0.1, -0.05) is 20.8 Å². The first kappa shape index (κ1) is 16.3. The Balaban J connectivity index is 4.86. The van der Waals surface area contributed by atoms with Crippen molar-refractivity contribution < 1.29 is 19.1 Å². The van der Waals surface area contributed by atoms with Gasteiger partial charge in [-0.25, -0.2) is 0 Å². The summed E-state index contributed by atoms with van der Waals surface area (Å²) >= 11 is 1.54. The number of hydrogen-bond donors (Lipinski definition) is 0. The van der Waals surface area contributed by atoms with Crippen molar-refractivity contribution >= 4 is 23.7 Å². The van der Waals surface area contributed by atoms with Crippen molar-refractivity contribution in [3.05, 3.63) is 0 Å². The van der Waals surface area contributed by atoms with Crippen molar-refractivity contribution in [2.24, 2.45) is 5.41 Å². The van der Waals surface area contributed by atoms with E-state index in [1.807, 2.05) is 20.8 Å². The van der Waals surface area contributed by atoms with Gasteiger partial charge in [0.1, 0.15) is 0 Å². The molecule has 1 unspecified atom stereocenters. The highest BCUT2D eigenvalue weighted by Gasteiger charge is 2.44. The number of esters is 2. The topological polar surface area (TPSA) is 52.6 Å². The molecular formula is C12H22O4S. The van der Waals surface area contributed by atoms with E-state index in [0.29, 0.717) is 5.75 Å². The number of ether oxygens (including phenoxy) is 2. The van der Waals surface area contributed by atoms with Gasteiger partial charge in [-0.15, -0.1) is 0 Å². The smallest absolute Gasteiger partial charge is 0.324 e. The molecule has 4 nitrogen and oxygen atoms in total. The fraction of sp³-hybridized carbons (Fsp3) is 0.833. The summed E-state index contributed by atoms with van der Waals surface area (Å²) in [5.74, 6) is -0.724. The van der Waals surface area contributed by atoms with Gasteiger partial charge in [0.05, 0.1) is 13.7 Å². The Bertz CT molecular complexity index is 283. The molecule has 0 aliphatic heterocycles. The maximum atomic E-state index is 11.8. The first-order valence-electron chi connectivity index (χ1n) is 5.57. The van der Waals surface area contributed by atoms with Gasteiger partial charge in [0, 0.05) is 10.5 Å². The van der Waals surface area contributed by atoms with Crippen LogP contribution in [0.4, 0.5) is 0 Å². The normalized spacial score (nSPS) is 14.9. The predicted molar refractivity (Wildman–Crippen MR) is 69.0 cm³/mol. The van der Waals surface area contributed by atoms with Gasteiger partial charge < -0.3 is 9.47 Å². The van der Waals surface area contributed by atoms with Gasteiger partial charge in [0.15, 0.2) is 5.41 Å². The highest BCUT2D eigenvalue weighted by molar-refractivity contribution is 8.00. The number of hydrogen-bond acceptors (Lipinski definition) is 5. The number of thioether (sulfide) groups is 1. The number of rotatable bonds is 5. The molecule has 0 saturated heterocycles. The number of methoxy groups -OCH3 is 1. The van der Waals surface area contributed by atoms with E-state index in [-0.39, 0.29) is 11.4 Å². The van der Waals surface area contributed by atoms with Crippen molar-refractivity contribution in [3.63, 3.8) is 0 Å². The minimum atomic E-state index is -1.23. The molecule has 0 heterocycles. The van der Waals surface area contributed by atoms with E-state index in [4.69, 9.17) is 9.47 Å². The summed E-state index contributed by atoms with van der Waals surface area (Å²) in [5.41, 5.74) is -1.23. The van der Waals surface area contributed by atoms with Crippen LogP contribution in [0, 0.1) is 5.41 Å². The highest BCUT2D eigenvalue weighted by atomic mass is 32.2. The van der Waals surface area contributed by atoms with E-state index in [1.54, 1.807) is 13.8 Å². The van der Waals surface area contributed by atoms with Crippen molar-refractivity contribution in [2.45, 2.75) is 39.4 Å². The summed E-state index contributed by atoms with van der Waals surface area (Å²) in [6, 6.07) is 0. The van der Waals surface area contributed by atoms with E-state index < -0.39 is 17.4 Å². The molecule has 1 atom stereocenters. The molecule has 0 bridgehead atoms. The number of carbonyl (C=O) groups excluding carboxylic acids is 2. The second kappa shape index (κ2) is 6.28. The largest absolute Gasteiger partial charge is 0.468 e. The zero-order chi connectivity index (χ0) is 13.7. The van der Waals surface area contributed by atoms with Crippen molar-refractivity contribution in [2.75, 3.05) is 19.5 Å². The summed E-state index contributed by atoms with van der Waals surface area (Å²) in [4.78, 5) is 23.6. The Labute approximate surface area is 107 Å². The number of carbonyl (C=O) groups is 2. The second-order valence-electron chi connectivity index (χ2n) is 4.95. The van der Waals surface area contributed by atoms with Crippen LogP contribution in [-0.4, -0.2) is 36.2 Å². The molecule has 17 heavy (non-hydrogen) atoms. The molecule has 0 aliphatic carbocycles. The van der Waals surface area contributed by atoms with Crippen LogP contribution < -0.4 is 0 Å². The van der Waals surface area contributed by atoms with Crippen molar-refractivity contribution in [1.82, 2.24) is 0 Å². The molecule has 0 aliphatic rings. The molecule has 0 aromatic heterocycles. The van der Waals surface area contributed by atoms with E-state index in [2.05, 4.69) is 0 Å². The first-order chi connectivity index (χ1) is 7.67. The average Bonchev–Trinajstić information content (AvgIpc) is 2.24. The zero-order valence-corrected chi connectivity index (χ0v) is 12.3. The van der Waals surface area contributed by atoms with Crippen LogP contribution in [0.15, 0.2) is 0 Å². The monoisotopic (exact) mass is 262 g/mol. The maximum absolute atomic E-state index is 11.8. The third kappa shape index (κ3) is 4.98. The summed E-state index contributed by atoms with van der Waals surface area (Å²) < 4.78 is 9.61. The van der Waals surface area contributed by atoms with Crippen LogP contribution in [0.2, 0.25) is 0 Å². The summed E-state index contributed by atoms with van der Waals surface area (Å²) in [6.45, 7) is 9.62. The fourth-order valence-corrected chi connectivity index (χ4v) is 2.04. The Morgan fingerprint density at radius 3 is 2.00 bits per heavy atom. The Morgan fingerprint density at radius 1 is 1.12 bits per heavy atom. The van der Waals surface area contributed by atoms with E-state index >= 15 is 0 Å². The molecule has 100 valence electrons. The van der Waals surface area contributed by atoms with Gasteiger partial charge in [-0.2, -0.15) is 11.8 Å². The molecule has 0 saturated carbocycles. The lowest BCUT2D eigenvalue weighted by atomic mass is 9.94. The lowest BCUT2D eigenvalue weighted by Gasteiger charge is -2.27. The molecular weight excluding hydrogens is 240 g/mol. The van der Waals surface area contributed by atoms with Gasteiger partial charge in [0.25, 0.3) is 0 Å². The maximum Gasteiger partial charge on any atom is 0.324 e. The average molecular weight is 262 g/mol. The minimum absolute atomic E-state index is 0.0260. The summed E-state index contributed by atoms with van der Waals surface area (Å²) in [6.07, 6.45) is 0. The van der Waals surface area contributed by atoms with Crippen molar-refractivity contribution in [1.29, 1.82) is 0 Å². The minimum Gasteiger partial charge on any atom is -0.468 e. The van der Waals surface area contributed by atoms with Gasteiger partial charge >= 0.3 is 11.9 Å². The molecule has 0 spiro atoms. The summed E-state index contributed by atoms with van der Waals surface area (Å²) in [5, 5.41) is 0. The van der Waals surface area contributed by atoms with Crippen LogP contribution >= 0.6 is 11.8 Å². The van der Waals surface area contributed by atoms with Gasteiger partial charge in [-0.05, 0) is 13.8 Å². The zero-order valence-electron chi connectivity index (χ0n) is 11.5. The Morgan fingerprint density at radius 2 is 1.65 bits per heavy atom. The first-order valence-corrected chi connectivity index (χ1v) is 6.55. The van der Waals surface area contributed by atoms with Gasteiger partial charge in [-0.3, -0.25) is 9.59 Å². The lowest BCUT2D eigenvalue weighted by Crippen LogP contribution is -2.42. The third-order valence-corrected chi connectivity index (χ3v) is 3.74. The molecule has 0 amide bonds. The highest BCUT2D eigenvalue weighted by Crippen LogP contribution is 2.33. The fourth-order valence-electron chi connectivity index (χ4n) is 1.08. The van der Waals surface area contributed by atoms with Crippen LogP contribution in [0.1, 0.15) is 34.6 Å². The van der Waals surface area contributed by atoms with E-state index in [1.165, 1.54) is 18.9 Å². The van der Waals surface area contributed by atoms with Crippen LogP contribution in [0.5, 0.6) is 0 Å².